The molecule has 0 radical (unpaired) electrons. The lowest BCUT2D eigenvalue weighted by Gasteiger charge is -2.22. The number of nitrogens with one attached hydrogen (secondary N) is 1. The van der Waals surface area contributed by atoms with E-state index in [0.717, 1.165) is 11.2 Å². The average molecular weight is 213 g/mol. The molecule has 0 bridgehead atoms. The lowest BCUT2D eigenvalue weighted by molar-refractivity contribution is 0.367. The second-order valence-electron chi connectivity index (χ2n) is 4.76. The molecule has 0 spiro atoms. The van der Waals surface area contributed by atoms with Crippen LogP contribution in [0.4, 0.5) is 0 Å². The standard InChI is InChI=1S/C12H23NS/c1-2-4-12(3-1)14-10-7-11-5-8-13-9-6-11/h11-13H,1-10H2. The Hall–Kier alpha value is 0.310. The Balaban J connectivity index is 1.52. The summed E-state index contributed by atoms with van der Waals surface area (Å²) in [7, 11) is 0. The zero-order valence-corrected chi connectivity index (χ0v) is 9.95. The third kappa shape index (κ3) is 3.47. The molecule has 2 heteroatoms. The van der Waals surface area contributed by atoms with E-state index in [1.54, 1.807) is 0 Å². The first kappa shape index (κ1) is 10.8. The van der Waals surface area contributed by atoms with Crippen LogP contribution in [0.5, 0.6) is 0 Å². The predicted molar refractivity (Wildman–Crippen MR) is 64.9 cm³/mol. The SMILES string of the molecule is C1CCC(SCCC2CCNCC2)C1. The summed E-state index contributed by atoms with van der Waals surface area (Å²) in [5.74, 6) is 2.46. The first-order valence-corrected chi connectivity index (χ1v) is 7.32. The first-order chi connectivity index (χ1) is 6.95. The Labute approximate surface area is 92.4 Å². The van der Waals surface area contributed by atoms with E-state index in [9.17, 15) is 0 Å². The van der Waals surface area contributed by atoms with Crippen LogP contribution in [0.3, 0.4) is 0 Å². The van der Waals surface area contributed by atoms with Gasteiger partial charge in [-0.2, -0.15) is 11.8 Å². The Kier molecular flexibility index (Phi) is 4.65. The van der Waals surface area contributed by atoms with Crippen LogP contribution in [0.25, 0.3) is 0 Å². The summed E-state index contributed by atoms with van der Waals surface area (Å²) in [4.78, 5) is 0. The third-order valence-electron chi connectivity index (χ3n) is 3.64. The predicted octanol–water partition coefficient (Wildman–Crippen LogP) is 3.05. The van der Waals surface area contributed by atoms with E-state index < -0.39 is 0 Å². The van der Waals surface area contributed by atoms with Crippen LogP contribution >= 0.6 is 11.8 Å². The summed E-state index contributed by atoms with van der Waals surface area (Å²) in [6.07, 6.45) is 10.3. The van der Waals surface area contributed by atoms with Crippen molar-refractivity contribution in [1.29, 1.82) is 0 Å². The first-order valence-electron chi connectivity index (χ1n) is 6.27. The monoisotopic (exact) mass is 213 g/mol. The van der Waals surface area contributed by atoms with Crippen LogP contribution in [0.15, 0.2) is 0 Å². The van der Waals surface area contributed by atoms with Crippen LogP contribution in [0.2, 0.25) is 0 Å². The van der Waals surface area contributed by atoms with Crippen molar-refractivity contribution in [3.8, 4) is 0 Å². The van der Waals surface area contributed by atoms with Gasteiger partial charge >= 0.3 is 0 Å². The van der Waals surface area contributed by atoms with Crippen LogP contribution in [-0.4, -0.2) is 24.1 Å². The van der Waals surface area contributed by atoms with Gasteiger partial charge in [-0.1, -0.05) is 12.8 Å². The Morgan fingerprint density at radius 2 is 1.71 bits per heavy atom. The quantitative estimate of drug-likeness (QED) is 0.770. The largest absolute Gasteiger partial charge is 0.317 e. The van der Waals surface area contributed by atoms with Gasteiger partial charge in [0, 0.05) is 5.25 Å². The molecule has 0 aromatic rings. The smallest absolute Gasteiger partial charge is 0.00470 e. The summed E-state index contributed by atoms with van der Waals surface area (Å²) >= 11 is 2.26. The van der Waals surface area contributed by atoms with E-state index in [1.807, 2.05) is 0 Å². The maximum absolute atomic E-state index is 3.44. The van der Waals surface area contributed by atoms with Crippen LogP contribution in [0, 0.1) is 5.92 Å². The van der Waals surface area contributed by atoms with Crippen molar-refractivity contribution in [2.75, 3.05) is 18.8 Å². The molecule has 1 nitrogen and oxygen atoms in total. The van der Waals surface area contributed by atoms with E-state index in [4.69, 9.17) is 0 Å². The van der Waals surface area contributed by atoms with Crippen molar-refractivity contribution in [3.63, 3.8) is 0 Å². The lowest BCUT2D eigenvalue weighted by Crippen LogP contribution is -2.28. The number of thioether (sulfide) groups is 1. The summed E-state index contributed by atoms with van der Waals surface area (Å²) in [5.41, 5.74) is 0. The second kappa shape index (κ2) is 6.02. The fourth-order valence-corrected chi connectivity index (χ4v) is 4.10. The topological polar surface area (TPSA) is 12.0 Å². The Morgan fingerprint density at radius 3 is 2.43 bits per heavy atom. The van der Waals surface area contributed by atoms with E-state index in [2.05, 4.69) is 17.1 Å². The van der Waals surface area contributed by atoms with Crippen LogP contribution in [0.1, 0.15) is 44.9 Å². The molecule has 0 aromatic carbocycles. The highest BCUT2D eigenvalue weighted by atomic mass is 32.2. The summed E-state index contributed by atoms with van der Waals surface area (Å²) < 4.78 is 0. The molecule has 1 aliphatic carbocycles. The van der Waals surface area contributed by atoms with Gasteiger partial charge in [-0.05, 0) is 56.9 Å². The maximum Gasteiger partial charge on any atom is 0.00470 e. The van der Waals surface area contributed by atoms with Gasteiger partial charge in [0.05, 0.1) is 0 Å². The summed E-state index contributed by atoms with van der Waals surface area (Å²) in [6.45, 7) is 2.53. The summed E-state index contributed by atoms with van der Waals surface area (Å²) in [5, 5.41) is 4.46. The molecule has 14 heavy (non-hydrogen) atoms. The molecule has 1 heterocycles. The van der Waals surface area contributed by atoms with Crippen molar-refractivity contribution in [2.24, 2.45) is 5.92 Å². The molecule has 0 atom stereocenters. The van der Waals surface area contributed by atoms with Crippen LogP contribution in [-0.2, 0) is 0 Å². The minimum Gasteiger partial charge on any atom is -0.317 e. The van der Waals surface area contributed by atoms with Gasteiger partial charge in [0.25, 0.3) is 0 Å². The minimum absolute atomic E-state index is 1.02. The van der Waals surface area contributed by atoms with Gasteiger partial charge in [0.15, 0.2) is 0 Å². The molecule has 0 amide bonds. The highest BCUT2D eigenvalue weighted by Gasteiger charge is 2.17. The van der Waals surface area contributed by atoms with Gasteiger partial charge < -0.3 is 5.32 Å². The zero-order valence-electron chi connectivity index (χ0n) is 9.13. The van der Waals surface area contributed by atoms with E-state index in [-0.39, 0.29) is 0 Å². The third-order valence-corrected chi connectivity index (χ3v) is 5.05. The molecule has 1 aliphatic heterocycles. The van der Waals surface area contributed by atoms with Crippen molar-refractivity contribution in [1.82, 2.24) is 5.32 Å². The number of piperidine rings is 1. The fraction of sp³-hybridized carbons (Fsp3) is 1.00. The minimum atomic E-state index is 1.02. The average Bonchev–Trinajstić information content (AvgIpc) is 2.72. The van der Waals surface area contributed by atoms with Crippen molar-refractivity contribution in [2.45, 2.75) is 50.2 Å². The maximum atomic E-state index is 3.44. The molecule has 2 fully saturated rings. The van der Waals surface area contributed by atoms with Gasteiger partial charge in [0.1, 0.15) is 0 Å². The molecule has 2 aliphatic rings. The number of hydrogen-bond donors (Lipinski definition) is 1. The van der Waals surface area contributed by atoms with E-state index in [0.29, 0.717) is 0 Å². The van der Waals surface area contributed by atoms with Gasteiger partial charge in [-0.3, -0.25) is 0 Å². The molecule has 82 valence electrons. The zero-order chi connectivity index (χ0) is 9.64. The molecule has 1 saturated heterocycles. The molecular weight excluding hydrogens is 190 g/mol. The Morgan fingerprint density at radius 1 is 1.00 bits per heavy atom. The lowest BCUT2D eigenvalue weighted by atomic mass is 9.96. The molecule has 0 aromatic heterocycles. The molecule has 2 rings (SSSR count). The molecular formula is C12H23NS. The van der Waals surface area contributed by atoms with Crippen molar-refractivity contribution < 1.29 is 0 Å². The Bertz CT molecular complexity index is 148. The molecule has 1 N–H and O–H groups in total. The fourth-order valence-electron chi connectivity index (χ4n) is 2.63. The van der Waals surface area contributed by atoms with Gasteiger partial charge in [0.2, 0.25) is 0 Å². The van der Waals surface area contributed by atoms with Crippen LogP contribution < -0.4 is 5.32 Å². The van der Waals surface area contributed by atoms with E-state index >= 15 is 0 Å². The molecule has 1 saturated carbocycles. The van der Waals surface area contributed by atoms with Crippen molar-refractivity contribution in [3.05, 3.63) is 0 Å². The van der Waals surface area contributed by atoms with Gasteiger partial charge in [-0.15, -0.1) is 0 Å². The molecule has 0 unspecified atom stereocenters. The second-order valence-corrected chi connectivity index (χ2v) is 6.17. The van der Waals surface area contributed by atoms with Gasteiger partial charge in [-0.25, -0.2) is 0 Å². The number of rotatable bonds is 4. The van der Waals surface area contributed by atoms with E-state index in [1.165, 1.54) is 63.8 Å². The highest BCUT2D eigenvalue weighted by Crippen LogP contribution is 2.31. The normalized spacial score (nSPS) is 25.7. The van der Waals surface area contributed by atoms with Crippen molar-refractivity contribution >= 4 is 11.8 Å². The highest BCUT2D eigenvalue weighted by molar-refractivity contribution is 7.99. The summed E-state index contributed by atoms with van der Waals surface area (Å²) in [6, 6.07) is 0. The number of hydrogen-bond acceptors (Lipinski definition) is 2.